The molecule has 1 saturated carbocycles. The van der Waals surface area contributed by atoms with Crippen LogP contribution in [-0.2, 0) is 5.88 Å². The first-order chi connectivity index (χ1) is 8.63. The van der Waals surface area contributed by atoms with Gasteiger partial charge in [-0.15, -0.1) is 11.6 Å². The Bertz CT molecular complexity index is 407. The Labute approximate surface area is 124 Å². The molecule has 3 heteroatoms. The highest BCUT2D eigenvalue weighted by atomic mass is 79.9. The lowest BCUT2D eigenvalue weighted by molar-refractivity contribution is 0.321. The second kappa shape index (κ2) is 6.29. The normalized spacial score (nSPS) is 24.0. The second-order valence-electron chi connectivity index (χ2n) is 5.35. The van der Waals surface area contributed by atoms with Gasteiger partial charge in [-0.3, -0.25) is 0 Å². The van der Waals surface area contributed by atoms with Crippen molar-refractivity contribution in [1.82, 2.24) is 0 Å². The van der Waals surface area contributed by atoms with Crippen molar-refractivity contribution in [3.63, 3.8) is 0 Å². The Morgan fingerprint density at radius 2 is 2.06 bits per heavy atom. The Hall–Kier alpha value is -0.210. The van der Waals surface area contributed by atoms with Crippen LogP contribution in [0.3, 0.4) is 0 Å². The summed E-state index contributed by atoms with van der Waals surface area (Å²) < 4.78 is 1.13. The summed E-state index contributed by atoms with van der Waals surface area (Å²) in [5.41, 5.74) is 2.50. The first-order valence-corrected chi connectivity index (χ1v) is 8.03. The highest BCUT2D eigenvalue weighted by Gasteiger charge is 2.26. The number of hydrogen-bond acceptors (Lipinski definition) is 1. The van der Waals surface area contributed by atoms with Crippen molar-refractivity contribution in [1.29, 1.82) is 0 Å². The van der Waals surface area contributed by atoms with Crippen LogP contribution < -0.4 is 4.90 Å². The number of benzene rings is 1. The molecule has 0 bridgehead atoms. The van der Waals surface area contributed by atoms with Crippen molar-refractivity contribution in [3.05, 3.63) is 28.2 Å². The molecular weight excluding hydrogens is 310 g/mol. The molecule has 18 heavy (non-hydrogen) atoms. The maximum Gasteiger partial charge on any atom is 0.0494 e. The molecule has 1 aromatic carbocycles. The quantitative estimate of drug-likeness (QED) is 0.688. The van der Waals surface area contributed by atoms with Crippen LogP contribution in [0.15, 0.2) is 22.7 Å². The van der Waals surface area contributed by atoms with Crippen LogP contribution >= 0.6 is 27.5 Å². The lowest BCUT2D eigenvalue weighted by atomic mass is 9.84. The lowest BCUT2D eigenvalue weighted by Crippen LogP contribution is -2.39. The van der Waals surface area contributed by atoms with Gasteiger partial charge in [-0.2, -0.15) is 0 Å². The van der Waals surface area contributed by atoms with Gasteiger partial charge >= 0.3 is 0 Å². The zero-order valence-corrected chi connectivity index (χ0v) is 13.5. The Morgan fingerprint density at radius 1 is 1.33 bits per heavy atom. The minimum absolute atomic E-state index is 0.577. The molecule has 0 saturated heterocycles. The topological polar surface area (TPSA) is 3.24 Å². The number of anilines is 1. The standard InChI is InChI=1S/C15H21BrClN/c1-11-5-3-4-6-14(11)18(2)15-9-13(16)8-7-12(15)10-17/h7-9,11,14H,3-6,10H2,1-2H3. The lowest BCUT2D eigenvalue weighted by Gasteiger charge is -2.38. The van der Waals surface area contributed by atoms with Crippen LogP contribution in [0, 0.1) is 5.92 Å². The van der Waals surface area contributed by atoms with E-state index in [-0.39, 0.29) is 0 Å². The summed E-state index contributed by atoms with van der Waals surface area (Å²) in [6.07, 6.45) is 5.38. The Balaban J connectivity index is 2.26. The average Bonchev–Trinajstić information content (AvgIpc) is 2.38. The van der Waals surface area contributed by atoms with Gasteiger partial charge in [-0.1, -0.05) is 41.8 Å². The summed E-state index contributed by atoms with van der Waals surface area (Å²) in [7, 11) is 2.21. The highest BCUT2D eigenvalue weighted by Crippen LogP contribution is 2.33. The smallest absolute Gasteiger partial charge is 0.0494 e. The summed E-state index contributed by atoms with van der Waals surface area (Å²) in [5, 5.41) is 0. The number of alkyl halides is 1. The molecule has 1 fully saturated rings. The summed E-state index contributed by atoms with van der Waals surface area (Å²) in [6, 6.07) is 7.03. The van der Waals surface area contributed by atoms with Gasteiger partial charge < -0.3 is 4.90 Å². The van der Waals surface area contributed by atoms with Gasteiger partial charge in [0.25, 0.3) is 0 Å². The first kappa shape index (κ1) is 14.2. The van der Waals surface area contributed by atoms with Gasteiger partial charge in [0, 0.05) is 29.1 Å². The number of hydrogen-bond donors (Lipinski definition) is 0. The van der Waals surface area contributed by atoms with Crippen LogP contribution in [0.25, 0.3) is 0 Å². The van der Waals surface area contributed by atoms with E-state index in [1.54, 1.807) is 0 Å². The first-order valence-electron chi connectivity index (χ1n) is 6.70. The zero-order valence-electron chi connectivity index (χ0n) is 11.1. The summed E-state index contributed by atoms with van der Waals surface area (Å²) in [4.78, 5) is 2.44. The molecule has 0 N–H and O–H groups in total. The van der Waals surface area contributed by atoms with E-state index in [1.165, 1.54) is 36.9 Å². The SMILES string of the molecule is CC1CCCCC1N(C)c1cc(Br)ccc1CCl. The predicted molar refractivity (Wildman–Crippen MR) is 83.5 cm³/mol. The molecule has 0 radical (unpaired) electrons. The molecule has 0 aromatic heterocycles. The maximum absolute atomic E-state index is 6.06. The molecule has 0 aliphatic heterocycles. The van der Waals surface area contributed by atoms with Crippen molar-refractivity contribution >= 4 is 33.2 Å². The molecule has 1 nitrogen and oxygen atoms in total. The monoisotopic (exact) mass is 329 g/mol. The zero-order chi connectivity index (χ0) is 13.1. The molecule has 1 aromatic rings. The Kier molecular flexibility index (Phi) is 4.97. The third-order valence-corrected chi connectivity index (χ3v) is 4.92. The van der Waals surface area contributed by atoms with E-state index in [2.05, 4.69) is 53.0 Å². The molecule has 2 atom stereocenters. The molecule has 100 valence electrons. The molecule has 2 unspecified atom stereocenters. The van der Waals surface area contributed by atoms with Crippen molar-refractivity contribution in [2.24, 2.45) is 5.92 Å². The van der Waals surface area contributed by atoms with Crippen LogP contribution in [0.2, 0.25) is 0 Å². The van der Waals surface area contributed by atoms with E-state index in [0.29, 0.717) is 11.9 Å². The van der Waals surface area contributed by atoms with Crippen LogP contribution in [0.4, 0.5) is 5.69 Å². The van der Waals surface area contributed by atoms with E-state index in [9.17, 15) is 0 Å². The van der Waals surface area contributed by atoms with Crippen molar-refractivity contribution in [2.45, 2.75) is 44.5 Å². The van der Waals surface area contributed by atoms with Gasteiger partial charge in [-0.05, 0) is 36.5 Å². The van der Waals surface area contributed by atoms with Crippen LogP contribution in [0.1, 0.15) is 38.2 Å². The summed E-state index contributed by atoms with van der Waals surface area (Å²) in [6.45, 7) is 2.37. The van der Waals surface area contributed by atoms with E-state index in [0.717, 1.165) is 10.4 Å². The minimum Gasteiger partial charge on any atom is -0.371 e. The fourth-order valence-electron chi connectivity index (χ4n) is 3.03. The van der Waals surface area contributed by atoms with E-state index >= 15 is 0 Å². The van der Waals surface area contributed by atoms with Crippen molar-refractivity contribution < 1.29 is 0 Å². The van der Waals surface area contributed by atoms with Crippen LogP contribution in [0.5, 0.6) is 0 Å². The fraction of sp³-hybridized carbons (Fsp3) is 0.600. The largest absolute Gasteiger partial charge is 0.371 e. The maximum atomic E-state index is 6.06. The molecular formula is C15H21BrClN. The second-order valence-corrected chi connectivity index (χ2v) is 6.53. The molecule has 1 aliphatic carbocycles. The minimum atomic E-state index is 0.577. The molecule has 1 aliphatic rings. The van der Waals surface area contributed by atoms with Gasteiger partial charge in [0.15, 0.2) is 0 Å². The average molecular weight is 331 g/mol. The van der Waals surface area contributed by atoms with Crippen molar-refractivity contribution in [2.75, 3.05) is 11.9 Å². The summed E-state index contributed by atoms with van der Waals surface area (Å²) >= 11 is 9.63. The number of rotatable bonds is 3. The van der Waals surface area contributed by atoms with Gasteiger partial charge in [0.1, 0.15) is 0 Å². The summed E-state index contributed by atoms with van der Waals surface area (Å²) in [5.74, 6) is 1.35. The van der Waals surface area contributed by atoms with E-state index < -0.39 is 0 Å². The molecule has 0 amide bonds. The van der Waals surface area contributed by atoms with Gasteiger partial charge in [0.2, 0.25) is 0 Å². The molecule has 2 rings (SSSR count). The third kappa shape index (κ3) is 3.03. The molecule has 0 heterocycles. The van der Waals surface area contributed by atoms with E-state index in [4.69, 9.17) is 11.6 Å². The Morgan fingerprint density at radius 3 is 2.72 bits per heavy atom. The van der Waals surface area contributed by atoms with Gasteiger partial charge in [0.05, 0.1) is 0 Å². The fourth-order valence-corrected chi connectivity index (χ4v) is 3.60. The van der Waals surface area contributed by atoms with Crippen molar-refractivity contribution in [3.8, 4) is 0 Å². The number of halogens is 2. The van der Waals surface area contributed by atoms with Crippen LogP contribution in [-0.4, -0.2) is 13.1 Å². The molecule has 0 spiro atoms. The predicted octanol–water partition coefficient (Wildman–Crippen LogP) is 5.20. The number of nitrogens with zero attached hydrogens (tertiary/aromatic N) is 1. The van der Waals surface area contributed by atoms with Gasteiger partial charge in [-0.25, -0.2) is 0 Å². The van der Waals surface area contributed by atoms with E-state index in [1.807, 2.05) is 0 Å². The third-order valence-electron chi connectivity index (χ3n) is 4.13. The highest BCUT2D eigenvalue weighted by molar-refractivity contribution is 9.10.